The van der Waals surface area contributed by atoms with Crippen molar-refractivity contribution in [3.8, 4) is 0 Å². The molecule has 0 aromatic carbocycles. The molecule has 1 amide bonds. The molecule has 5 nitrogen and oxygen atoms in total. The van der Waals surface area contributed by atoms with Gasteiger partial charge in [0.25, 0.3) is 5.91 Å². The molecule has 140 valence electrons. The van der Waals surface area contributed by atoms with E-state index < -0.39 is 0 Å². The van der Waals surface area contributed by atoms with Crippen LogP contribution in [0.5, 0.6) is 0 Å². The lowest BCUT2D eigenvalue weighted by Crippen LogP contribution is -2.59. The fourth-order valence-electron chi connectivity index (χ4n) is 4.71. The van der Waals surface area contributed by atoms with Crippen LogP contribution in [-0.4, -0.2) is 55.6 Å². The maximum absolute atomic E-state index is 13.3. The van der Waals surface area contributed by atoms with Crippen LogP contribution < -0.4 is 0 Å². The highest BCUT2D eigenvalue weighted by Gasteiger charge is 2.50. The van der Waals surface area contributed by atoms with Crippen molar-refractivity contribution in [1.29, 1.82) is 0 Å². The summed E-state index contributed by atoms with van der Waals surface area (Å²) in [6.07, 6.45) is 6.05. The van der Waals surface area contributed by atoms with Crippen LogP contribution in [0.3, 0.4) is 0 Å². The van der Waals surface area contributed by atoms with E-state index in [1.807, 2.05) is 0 Å². The molecule has 0 aliphatic carbocycles. The van der Waals surface area contributed by atoms with Gasteiger partial charge in [0.05, 0.1) is 29.6 Å². The van der Waals surface area contributed by atoms with Crippen LogP contribution in [0, 0.1) is 5.41 Å². The quantitative estimate of drug-likeness (QED) is 0.601. The molecule has 0 N–H and O–H groups in total. The zero-order valence-electron chi connectivity index (χ0n) is 15.2. The Labute approximate surface area is 158 Å². The van der Waals surface area contributed by atoms with Gasteiger partial charge in [-0.25, -0.2) is 0 Å². The van der Waals surface area contributed by atoms with E-state index in [0.29, 0.717) is 29.6 Å². The number of hydrogen-bond acceptors (Lipinski definition) is 5. The topological polar surface area (TPSA) is 55.8 Å². The summed E-state index contributed by atoms with van der Waals surface area (Å²) in [5.74, 6) is 0.0756. The standard InChI is InChI=1S/C20H25NO4S/c1-14(22)16-3-4-17(26-16)19(23)21-9-2-8-20(13-25-12-7-18(20)21)15-5-10-24-11-6-15/h3-5,18H,2,6-13H2,1H3/t18?,20-/m0/s1. The Morgan fingerprint density at radius 2 is 2.08 bits per heavy atom. The number of amides is 1. The third kappa shape index (κ3) is 3.04. The predicted molar refractivity (Wildman–Crippen MR) is 99.8 cm³/mol. The number of thiophene rings is 1. The van der Waals surface area contributed by atoms with Crippen molar-refractivity contribution in [2.24, 2.45) is 5.41 Å². The molecule has 0 radical (unpaired) electrons. The smallest absolute Gasteiger partial charge is 0.264 e. The van der Waals surface area contributed by atoms with Gasteiger partial charge in [-0.1, -0.05) is 11.6 Å². The summed E-state index contributed by atoms with van der Waals surface area (Å²) in [5, 5.41) is 0. The Bertz CT molecular complexity index is 736. The normalized spacial score (nSPS) is 29.0. The highest BCUT2D eigenvalue weighted by Crippen LogP contribution is 2.48. The summed E-state index contributed by atoms with van der Waals surface area (Å²) < 4.78 is 11.4. The molecule has 3 aliphatic rings. The highest BCUT2D eigenvalue weighted by atomic mass is 32.1. The molecular formula is C20H25NO4S. The van der Waals surface area contributed by atoms with Crippen molar-refractivity contribution in [3.63, 3.8) is 0 Å². The fraction of sp³-hybridized carbons (Fsp3) is 0.600. The molecular weight excluding hydrogens is 350 g/mol. The Balaban J connectivity index is 1.64. The Kier molecular flexibility index (Phi) is 4.99. The molecule has 4 heterocycles. The van der Waals surface area contributed by atoms with E-state index in [-0.39, 0.29) is 23.1 Å². The lowest BCUT2D eigenvalue weighted by atomic mass is 9.65. The monoisotopic (exact) mass is 375 g/mol. The van der Waals surface area contributed by atoms with Crippen LogP contribution in [0.25, 0.3) is 0 Å². The number of piperidine rings is 1. The summed E-state index contributed by atoms with van der Waals surface area (Å²) in [5.41, 5.74) is 1.33. The van der Waals surface area contributed by atoms with Crippen molar-refractivity contribution in [1.82, 2.24) is 4.90 Å². The largest absolute Gasteiger partial charge is 0.380 e. The van der Waals surface area contributed by atoms with Crippen LogP contribution in [0.2, 0.25) is 0 Å². The van der Waals surface area contributed by atoms with Gasteiger partial charge in [-0.15, -0.1) is 11.3 Å². The first kappa shape index (κ1) is 17.9. The molecule has 0 bridgehead atoms. The van der Waals surface area contributed by atoms with E-state index in [1.54, 1.807) is 19.1 Å². The minimum atomic E-state index is -0.0728. The van der Waals surface area contributed by atoms with Crippen molar-refractivity contribution in [3.05, 3.63) is 33.5 Å². The molecule has 26 heavy (non-hydrogen) atoms. The minimum Gasteiger partial charge on any atom is -0.380 e. The maximum Gasteiger partial charge on any atom is 0.264 e. The van der Waals surface area contributed by atoms with Gasteiger partial charge in [0.15, 0.2) is 5.78 Å². The molecule has 6 heteroatoms. The van der Waals surface area contributed by atoms with Crippen LogP contribution >= 0.6 is 11.3 Å². The molecule has 0 spiro atoms. The van der Waals surface area contributed by atoms with Gasteiger partial charge in [-0.3, -0.25) is 9.59 Å². The third-order valence-corrected chi connectivity index (χ3v) is 7.13. The molecule has 2 fully saturated rings. The number of ketones is 1. The van der Waals surface area contributed by atoms with E-state index in [2.05, 4.69) is 11.0 Å². The number of Topliss-reactive ketones (excluding diaryl/α,β-unsaturated/α-hetero) is 1. The zero-order valence-corrected chi connectivity index (χ0v) is 16.0. The van der Waals surface area contributed by atoms with E-state index in [1.165, 1.54) is 16.9 Å². The number of rotatable bonds is 3. The van der Waals surface area contributed by atoms with Crippen molar-refractivity contribution < 1.29 is 19.1 Å². The number of fused-ring (bicyclic) bond motifs is 1. The third-order valence-electron chi connectivity index (χ3n) is 5.96. The first-order chi connectivity index (χ1) is 12.6. The second kappa shape index (κ2) is 7.25. The molecule has 2 saturated heterocycles. The van der Waals surface area contributed by atoms with Gasteiger partial charge in [-0.05, 0) is 44.7 Å². The minimum absolute atomic E-state index is 0.0143. The second-order valence-corrected chi connectivity index (χ2v) is 8.47. The van der Waals surface area contributed by atoms with Gasteiger partial charge in [0, 0.05) is 24.6 Å². The van der Waals surface area contributed by atoms with Gasteiger partial charge in [-0.2, -0.15) is 0 Å². The summed E-state index contributed by atoms with van der Waals surface area (Å²) >= 11 is 1.31. The summed E-state index contributed by atoms with van der Waals surface area (Å²) in [4.78, 5) is 28.2. The number of carbonyl (C=O) groups is 2. The van der Waals surface area contributed by atoms with Gasteiger partial charge in [0.2, 0.25) is 0 Å². The molecule has 1 aromatic heterocycles. The Morgan fingerprint density at radius 3 is 2.81 bits per heavy atom. The van der Waals surface area contributed by atoms with Crippen molar-refractivity contribution >= 4 is 23.0 Å². The molecule has 0 saturated carbocycles. The van der Waals surface area contributed by atoms with Gasteiger partial charge >= 0.3 is 0 Å². The van der Waals surface area contributed by atoms with E-state index in [4.69, 9.17) is 9.47 Å². The van der Waals surface area contributed by atoms with Crippen LogP contribution in [0.15, 0.2) is 23.8 Å². The van der Waals surface area contributed by atoms with Crippen LogP contribution in [0.4, 0.5) is 0 Å². The number of carbonyl (C=O) groups excluding carboxylic acids is 2. The maximum atomic E-state index is 13.3. The van der Waals surface area contributed by atoms with E-state index in [9.17, 15) is 9.59 Å². The molecule has 2 atom stereocenters. The van der Waals surface area contributed by atoms with E-state index in [0.717, 1.165) is 38.8 Å². The average Bonchev–Trinajstić information content (AvgIpc) is 3.18. The number of nitrogens with zero attached hydrogens (tertiary/aromatic N) is 1. The van der Waals surface area contributed by atoms with Gasteiger partial charge < -0.3 is 14.4 Å². The number of hydrogen-bond donors (Lipinski definition) is 0. The first-order valence-electron chi connectivity index (χ1n) is 9.38. The average molecular weight is 375 g/mol. The lowest BCUT2D eigenvalue weighted by molar-refractivity contribution is -0.0738. The fourth-order valence-corrected chi connectivity index (χ4v) is 5.57. The molecule has 4 rings (SSSR count). The lowest BCUT2D eigenvalue weighted by Gasteiger charge is -2.54. The number of ether oxygens (including phenoxy) is 2. The Hall–Kier alpha value is -1.50. The van der Waals surface area contributed by atoms with Gasteiger partial charge in [0.1, 0.15) is 0 Å². The molecule has 3 aliphatic heterocycles. The van der Waals surface area contributed by atoms with Crippen LogP contribution in [-0.2, 0) is 9.47 Å². The summed E-state index contributed by atoms with van der Waals surface area (Å²) in [7, 11) is 0. The summed E-state index contributed by atoms with van der Waals surface area (Å²) in [6.45, 7) is 5.12. The number of likely N-dealkylation sites (tertiary alicyclic amines) is 1. The molecule has 1 aromatic rings. The molecule has 1 unspecified atom stereocenters. The first-order valence-corrected chi connectivity index (χ1v) is 10.2. The Morgan fingerprint density at radius 1 is 1.23 bits per heavy atom. The zero-order chi connectivity index (χ0) is 18.1. The highest BCUT2D eigenvalue weighted by molar-refractivity contribution is 7.15. The van der Waals surface area contributed by atoms with E-state index >= 15 is 0 Å². The predicted octanol–water partition coefficient (Wildman–Crippen LogP) is 3.31. The van der Waals surface area contributed by atoms with Crippen molar-refractivity contribution in [2.45, 2.75) is 38.6 Å². The SMILES string of the molecule is CC(=O)c1ccc(C(=O)N2CCC[C@@]3(C4=CCOCC4)COCCC23)s1. The van der Waals surface area contributed by atoms with Crippen LogP contribution in [0.1, 0.15) is 52.0 Å². The van der Waals surface area contributed by atoms with Crippen molar-refractivity contribution in [2.75, 3.05) is 33.0 Å². The summed E-state index contributed by atoms with van der Waals surface area (Å²) in [6, 6.07) is 3.74. The second-order valence-electron chi connectivity index (χ2n) is 7.39.